The van der Waals surface area contributed by atoms with Gasteiger partial charge in [-0.15, -0.1) is 5.10 Å². The maximum Gasteiger partial charge on any atom is 0.318 e. The van der Waals surface area contributed by atoms with E-state index in [0.29, 0.717) is 24.5 Å². The molecule has 0 spiro atoms. The molecule has 1 N–H and O–H groups in total. The molecule has 2 fully saturated rings. The second-order valence-corrected chi connectivity index (χ2v) is 6.27. The van der Waals surface area contributed by atoms with Crippen molar-refractivity contribution in [2.75, 3.05) is 58.3 Å². The number of aromatic nitrogens is 2. The van der Waals surface area contributed by atoms with Crippen LogP contribution in [0.5, 0.6) is 0 Å². The molecule has 3 rings (SSSR count). The standard InChI is InChI=1S/C14H26N6O/c1-18(2)5-6-19-7-9-20(10-8-19)14-17-16-13(21-14)11-15-12-3-4-12/h12,15H,3-11H2,1-2H3. The third-order valence-corrected chi connectivity index (χ3v) is 4.08. The van der Waals surface area contributed by atoms with Crippen molar-refractivity contribution in [1.82, 2.24) is 25.3 Å². The summed E-state index contributed by atoms with van der Waals surface area (Å²) >= 11 is 0. The number of hydrogen-bond donors (Lipinski definition) is 1. The highest BCUT2D eigenvalue weighted by molar-refractivity contribution is 5.25. The summed E-state index contributed by atoms with van der Waals surface area (Å²) in [5.41, 5.74) is 0. The van der Waals surface area contributed by atoms with Crippen LogP contribution >= 0.6 is 0 Å². The Morgan fingerprint density at radius 3 is 2.62 bits per heavy atom. The molecule has 7 nitrogen and oxygen atoms in total. The van der Waals surface area contributed by atoms with Crippen molar-refractivity contribution in [2.45, 2.75) is 25.4 Å². The van der Waals surface area contributed by atoms with Crippen molar-refractivity contribution < 1.29 is 4.42 Å². The molecule has 0 radical (unpaired) electrons. The van der Waals surface area contributed by atoms with Crippen molar-refractivity contribution >= 4 is 6.01 Å². The third-order valence-electron chi connectivity index (χ3n) is 4.08. The largest absolute Gasteiger partial charge is 0.407 e. The van der Waals surface area contributed by atoms with Crippen LogP contribution in [-0.4, -0.2) is 79.4 Å². The van der Waals surface area contributed by atoms with Crippen molar-refractivity contribution in [2.24, 2.45) is 0 Å². The molecule has 1 aliphatic heterocycles. The van der Waals surface area contributed by atoms with Gasteiger partial charge in [-0.2, -0.15) is 0 Å². The van der Waals surface area contributed by atoms with Crippen molar-refractivity contribution in [3.8, 4) is 0 Å². The monoisotopic (exact) mass is 294 g/mol. The molecular formula is C14H26N6O. The van der Waals surface area contributed by atoms with Crippen LogP contribution in [0.15, 0.2) is 4.42 Å². The Bertz CT molecular complexity index is 436. The predicted molar refractivity (Wildman–Crippen MR) is 81.4 cm³/mol. The first-order valence-corrected chi connectivity index (χ1v) is 7.88. The zero-order valence-corrected chi connectivity index (χ0v) is 13.1. The minimum absolute atomic E-state index is 0.667. The van der Waals surface area contributed by atoms with Gasteiger partial charge in [0, 0.05) is 45.3 Å². The van der Waals surface area contributed by atoms with Crippen molar-refractivity contribution in [3.63, 3.8) is 0 Å². The highest BCUT2D eigenvalue weighted by atomic mass is 16.4. The molecule has 21 heavy (non-hydrogen) atoms. The van der Waals surface area contributed by atoms with E-state index in [2.05, 4.69) is 44.3 Å². The van der Waals surface area contributed by atoms with Crippen LogP contribution in [0.4, 0.5) is 6.01 Å². The zero-order chi connectivity index (χ0) is 14.7. The molecule has 2 heterocycles. The van der Waals surface area contributed by atoms with Crippen LogP contribution in [0, 0.1) is 0 Å². The maximum absolute atomic E-state index is 5.75. The molecular weight excluding hydrogens is 268 g/mol. The van der Waals surface area contributed by atoms with E-state index in [1.54, 1.807) is 0 Å². The quantitative estimate of drug-likeness (QED) is 0.760. The Kier molecular flexibility index (Phi) is 4.72. The summed E-state index contributed by atoms with van der Waals surface area (Å²) in [5, 5.41) is 11.7. The summed E-state index contributed by atoms with van der Waals surface area (Å²) in [7, 11) is 4.23. The SMILES string of the molecule is CN(C)CCN1CCN(c2nnc(CNC3CC3)o2)CC1. The zero-order valence-electron chi connectivity index (χ0n) is 13.1. The Balaban J connectivity index is 1.43. The number of hydrogen-bond acceptors (Lipinski definition) is 7. The van der Waals surface area contributed by atoms with Crippen LogP contribution in [-0.2, 0) is 6.54 Å². The van der Waals surface area contributed by atoms with E-state index < -0.39 is 0 Å². The smallest absolute Gasteiger partial charge is 0.318 e. The van der Waals surface area contributed by atoms with Gasteiger partial charge in [0.2, 0.25) is 5.89 Å². The molecule has 1 saturated heterocycles. The van der Waals surface area contributed by atoms with Crippen LogP contribution in [0.2, 0.25) is 0 Å². The second-order valence-electron chi connectivity index (χ2n) is 6.27. The van der Waals surface area contributed by atoms with E-state index in [9.17, 15) is 0 Å². The van der Waals surface area contributed by atoms with Gasteiger partial charge in [0.1, 0.15) is 0 Å². The highest BCUT2D eigenvalue weighted by Gasteiger charge is 2.23. The highest BCUT2D eigenvalue weighted by Crippen LogP contribution is 2.20. The topological polar surface area (TPSA) is 60.7 Å². The Labute approximate surface area is 126 Å². The van der Waals surface area contributed by atoms with Crippen molar-refractivity contribution in [3.05, 3.63) is 5.89 Å². The van der Waals surface area contributed by atoms with E-state index in [-0.39, 0.29) is 0 Å². The van der Waals surface area contributed by atoms with Crippen LogP contribution in [0.3, 0.4) is 0 Å². The lowest BCUT2D eigenvalue weighted by Gasteiger charge is -2.34. The predicted octanol–water partition coefficient (Wildman–Crippen LogP) is 0.00520. The molecule has 0 bridgehead atoms. The van der Waals surface area contributed by atoms with Gasteiger partial charge in [-0.25, -0.2) is 0 Å². The number of piperazine rings is 1. The first-order valence-electron chi connectivity index (χ1n) is 7.88. The van der Waals surface area contributed by atoms with Gasteiger partial charge >= 0.3 is 6.01 Å². The molecule has 7 heteroatoms. The first-order chi connectivity index (χ1) is 10.2. The molecule has 0 amide bonds. The summed E-state index contributed by atoms with van der Waals surface area (Å²) in [6, 6.07) is 1.34. The average Bonchev–Trinajstić information content (AvgIpc) is 3.20. The minimum atomic E-state index is 0.667. The van der Waals surface area contributed by atoms with Gasteiger partial charge in [-0.05, 0) is 26.9 Å². The number of nitrogens with one attached hydrogen (secondary N) is 1. The molecule has 0 atom stereocenters. The second kappa shape index (κ2) is 6.72. The number of likely N-dealkylation sites (N-methyl/N-ethyl adjacent to an activating group) is 1. The molecule has 1 aliphatic carbocycles. The van der Waals surface area contributed by atoms with Gasteiger partial charge < -0.3 is 19.5 Å². The fourth-order valence-electron chi connectivity index (χ4n) is 2.47. The van der Waals surface area contributed by atoms with E-state index >= 15 is 0 Å². The maximum atomic E-state index is 5.75. The van der Waals surface area contributed by atoms with Crippen molar-refractivity contribution in [1.29, 1.82) is 0 Å². The number of rotatable bonds is 7. The molecule has 0 aromatic carbocycles. The molecule has 0 unspecified atom stereocenters. The molecule has 118 valence electrons. The fourth-order valence-corrected chi connectivity index (χ4v) is 2.47. The molecule has 1 aromatic heterocycles. The van der Waals surface area contributed by atoms with Gasteiger partial charge in [0.25, 0.3) is 0 Å². The summed E-state index contributed by atoms with van der Waals surface area (Å²) < 4.78 is 5.75. The Hall–Kier alpha value is -1.18. The van der Waals surface area contributed by atoms with E-state index in [4.69, 9.17) is 4.42 Å². The average molecular weight is 294 g/mol. The first kappa shape index (κ1) is 14.7. The number of anilines is 1. The third kappa shape index (κ3) is 4.39. The van der Waals surface area contributed by atoms with E-state index in [1.165, 1.54) is 12.8 Å². The van der Waals surface area contributed by atoms with Crippen LogP contribution in [0.25, 0.3) is 0 Å². The Morgan fingerprint density at radius 1 is 1.19 bits per heavy atom. The van der Waals surface area contributed by atoms with E-state index in [0.717, 1.165) is 39.3 Å². The van der Waals surface area contributed by atoms with Gasteiger partial charge in [-0.3, -0.25) is 4.90 Å². The van der Waals surface area contributed by atoms with Crippen LogP contribution < -0.4 is 10.2 Å². The Morgan fingerprint density at radius 2 is 1.95 bits per heavy atom. The minimum Gasteiger partial charge on any atom is -0.407 e. The van der Waals surface area contributed by atoms with Crippen LogP contribution in [0.1, 0.15) is 18.7 Å². The summed E-state index contributed by atoms with van der Waals surface area (Å²) in [5.74, 6) is 0.701. The lowest BCUT2D eigenvalue weighted by Crippen LogP contribution is -2.48. The molecule has 1 saturated carbocycles. The summed E-state index contributed by atoms with van der Waals surface area (Å²) in [6.07, 6.45) is 2.55. The normalized spacial score (nSPS) is 20.4. The summed E-state index contributed by atoms with van der Waals surface area (Å²) in [6.45, 7) is 6.98. The number of nitrogens with zero attached hydrogens (tertiary/aromatic N) is 5. The van der Waals surface area contributed by atoms with Gasteiger partial charge in [0.05, 0.1) is 6.54 Å². The lowest BCUT2D eigenvalue weighted by atomic mass is 10.3. The molecule has 1 aromatic rings. The molecule has 2 aliphatic rings. The fraction of sp³-hybridized carbons (Fsp3) is 0.857. The lowest BCUT2D eigenvalue weighted by molar-refractivity contribution is 0.226. The van der Waals surface area contributed by atoms with E-state index in [1.807, 2.05) is 0 Å². The van der Waals surface area contributed by atoms with Gasteiger partial charge in [0.15, 0.2) is 0 Å². The van der Waals surface area contributed by atoms with Gasteiger partial charge in [-0.1, -0.05) is 5.10 Å². The summed E-state index contributed by atoms with van der Waals surface area (Å²) in [4.78, 5) is 6.91.